The SMILES string of the molecule is O=C(Nc1cccc(C(F)(F)F)c1)C1Cc2ccc(Br)cc2C1. The van der Waals surface area contributed by atoms with E-state index in [1.165, 1.54) is 12.1 Å². The van der Waals surface area contributed by atoms with E-state index in [4.69, 9.17) is 0 Å². The summed E-state index contributed by atoms with van der Waals surface area (Å²) in [5.41, 5.74) is 1.61. The molecule has 0 bridgehead atoms. The number of rotatable bonds is 2. The predicted molar refractivity (Wildman–Crippen MR) is 85.1 cm³/mol. The maximum atomic E-state index is 12.7. The van der Waals surface area contributed by atoms with E-state index in [-0.39, 0.29) is 17.5 Å². The summed E-state index contributed by atoms with van der Waals surface area (Å²) in [5.74, 6) is -0.509. The van der Waals surface area contributed by atoms with Crippen LogP contribution in [0, 0.1) is 5.92 Å². The summed E-state index contributed by atoms with van der Waals surface area (Å²) >= 11 is 3.40. The topological polar surface area (TPSA) is 29.1 Å². The molecule has 0 saturated heterocycles. The molecule has 3 rings (SSSR count). The van der Waals surface area contributed by atoms with Gasteiger partial charge in [0.05, 0.1) is 5.56 Å². The van der Waals surface area contributed by atoms with Gasteiger partial charge in [-0.2, -0.15) is 13.2 Å². The Bertz CT molecular complexity index is 758. The van der Waals surface area contributed by atoms with Crippen molar-refractivity contribution in [3.05, 3.63) is 63.6 Å². The van der Waals surface area contributed by atoms with Crippen LogP contribution in [0.15, 0.2) is 46.9 Å². The lowest BCUT2D eigenvalue weighted by Crippen LogP contribution is -2.23. The summed E-state index contributed by atoms with van der Waals surface area (Å²) in [4.78, 5) is 12.3. The zero-order valence-electron chi connectivity index (χ0n) is 12.0. The molecule has 0 aromatic heterocycles. The van der Waals surface area contributed by atoms with Crippen molar-refractivity contribution >= 4 is 27.5 Å². The highest BCUT2D eigenvalue weighted by Gasteiger charge is 2.31. The molecular formula is C17H13BrF3NO. The lowest BCUT2D eigenvalue weighted by molar-refractivity contribution is -0.137. The van der Waals surface area contributed by atoms with E-state index in [9.17, 15) is 18.0 Å². The maximum Gasteiger partial charge on any atom is 0.416 e. The molecule has 23 heavy (non-hydrogen) atoms. The minimum Gasteiger partial charge on any atom is -0.326 e. The molecule has 1 atom stereocenters. The zero-order chi connectivity index (χ0) is 16.6. The van der Waals surface area contributed by atoms with Crippen molar-refractivity contribution in [2.45, 2.75) is 19.0 Å². The molecular weight excluding hydrogens is 371 g/mol. The van der Waals surface area contributed by atoms with Crippen molar-refractivity contribution in [3.8, 4) is 0 Å². The van der Waals surface area contributed by atoms with Gasteiger partial charge in [-0.25, -0.2) is 0 Å². The minimum absolute atomic E-state index is 0.168. The first-order valence-corrected chi connectivity index (χ1v) is 7.87. The molecule has 1 aliphatic rings. The molecule has 6 heteroatoms. The molecule has 1 aliphatic carbocycles. The Labute approximate surface area is 139 Å². The van der Waals surface area contributed by atoms with Crippen molar-refractivity contribution in [3.63, 3.8) is 0 Å². The van der Waals surface area contributed by atoms with Crippen LogP contribution in [-0.2, 0) is 23.8 Å². The molecule has 0 spiro atoms. The number of carbonyl (C=O) groups excluding carboxylic acids is 1. The molecule has 0 aliphatic heterocycles. The third-order valence-corrected chi connectivity index (χ3v) is 4.42. The van der Waals surface area contributed by atoms with E-state index < -0.39 is 11.7 Å². The molecule has 0 radical (unpaired) electrons. The van der Waals surface area contributed by atoms with Gasteiger partial charge in [0.1, 0.15) is 0 Å². The highest BCUT2D eigenvalue weighted by molar-refractivity contribution is 9.10. The number of amides is 1. The third-order valence-electron chi connectivity index (χ3n) is 3.93. The monoisotopic (exact) mass is 383 g/mol. The van der Waals surface area contributed by atoms with Gasteiger partial charge in [-0.05, 0) is 54.3 Å². The molecule has 0 heterocycles. The van der Waals surface area contributed by atoms with Crippen molar-refractivity contribution in [2.75, 3.05) is 5.32 Å². The van der Waals surface area contributed by atoms with E-state index >= 15 is 0 Å². The summed E-state index contributed by atoms with van der Waals surface area (Å²) < 4.78 is 39.1. The molecule has 1 amide bonds. The lowest BCUT2D eigenvalue weighted by Gasteiger charge is -2.12. The Morgan fingerprint density at radius 1 is 1.09 bits per heavy atom. The van der Waals surface area contributed by atoms with Gasteiger partial charge >= 0.3 is 6.18 Å². The van der Waals surface area contributed by atoms with Crippen LogP contribution >= 0.6 is 15.9 Å². The highest BCUT2D eigenvalue weighted by Crippen LogP contribution is 2.32. The summed E-state index contributed by atoms with van der Waals surface area (Å²) in [5, 5.41) is 2.60. The quantitative estimate of drug-likeness (QED) is 0.790. The number of hydrogen-bond donors (Lipinski definition) is 1. The van der Waals surface area contributed by atoms with Gasteiger partial charge in [-0.3, -0.25) is 4.79 Å². The summed E-state index contributed by atoms with van der Waals surface area (Å²) in [6, 6.07) is 10.6. The Kier molecular flexibility index (Phi) is 4.19. The van der Waals surface area contributed by atoms with Crippen LogP contribution in [0.4, 0.5) is 18.9 Å². The fraction of sp³-hybridized carbons (Fsp3) is 0.235. The van der Waals surface area contributed by atoms with E-state index in [1.54, 1.807) is 0 Å². The number of carbonyl (C=O) groups is 1. The zero-order valence-corrected chi connectivity index (χ0v) is 13.5. The smallest absolute Gasteiger partial charge is 0.326 e. The normalized spacial score (nSPS) is 17.0. The van der Waals surface area contributed by atoms with E-state index in [1.807, 2.05) is 18.2 Å². The van der Waals surface area contributed by atoms with Crippen LogP contribution < -0.4 is 5.32 Å². The second-order valence-electron chi connectivity index (χ2n) is 5.59. The Hall–Kier alpha value is -1.82. The number of fused-ring (bicyclic) bond motifs is 1. The van der Waals surface area contributed by atoms with Crippen molar-refractivity contribution in [1.82, 2.24) is 0 Å². The van der Waals surface area contributed by atoms with E-state index in [0.29, 0.717) is 12.8 Å². The number of halogens is 4. The van der Waals surface area contributed by atoms with Gasteiger partial charge in [0.25, 0.3) is 0 Å². The molecule has 2 aromatic rings. The standard InChI is InChI=1S/C17H13BrF3NO/c18-14-5-4-10-6-12(7-11(10)8-14)16(23)22-15-3-1-2-13(9-15)17(19,20)21/h1-5,8-9,12H,6-7H2,(H,22,23). The number of benzene rings is 2. The van der Waals surface area contributed by atoms with Crippen LogP contribution in [0.2, 0.25) is 0 Å². The molecule has 2 aromatic carbocycles. The van der Waals surface area contributed by atoms with Crippen LogP contribution in [0.5, 0.6) is 0 Å². The van der Waals surface area contributed by atoms with Gasteiger partial charge in [-0.15, -0.1) is 0 Å². The fourth-order valence-electron chi connectivity index (χ4n) is 2.79. The summed E-state index contributed by atoms with van der Waals surface area (Å²) in [7, 11) is 0. The lowest BCUT2D eigenvalue weighted by atomic mass is 10.1. The van der Waals surface area contributed by atoms with Gasteiger partial charge in [0.2, 0.25) is 5.91 Å². The summed E-state index contributed by atoms with van der Waals surface area (Å²) in [6.45, 7) is 0. The van der Waals surface area contributed by atoms with Crippen LogP contribution in [0.25, 0.3) is 0 Å². The van der Waals surface area contributed by atoms with Gasteiger partial charge in [-0.1, -0.05) is 28.1 Å². The molecule has 1 N–H and O–H groups in total. The molecule has 1 unspecified atom stereocenters. The summed E-state index contributed by atoms with van der Waals surface area (Å²) in [6.07, 6.45) is -3.22. The molecule has 0 fully saturated rings. The highest BCUT2D eigenvalue weighted by atomic mass is 79.9. The molecule has 0 saturated carbocycles. The van der Waals surface area contributed by atoms with Crippen molar-refractivity contribution in [2.24, 2.45) is 5.92 Å². The Morgan fingerprint density at radius 2 is 1.83 bits per heavy atom. The van der Waals surface area contributed by atoms with Crippen molar-refractivity contribution < 1.29 is 18.0 Å². The van der Waals surface area contributed by atoms with Gasteiger partial charge < -0.3 is 5.32 Å². The Balaban J connectivity index is 1.72. The van der Waals surface area contributed by atoms with Gasteiger partial charge in [0.15, 0.2) is 0 Å². The second-order valence-corrected chi connectivity index (χ2v) is 6.50. The number of alkyl halides is 3. The fourth-order valence-corrected chi connectivity index (χ4v) is 3.20. The second kappa shape index (κ2) is 6.00. The molecule has 2 nitrogen and oxygen atoms in total. The van der Waals surface area contributed by atoms with Crippen LogP contribution in [-0.4, -0.2) is 5.91 Å². The average Bonchev–Trinajstić information content (AvgIpc) is 2.90. The number of nitrogens with one attached hydrogen (secondary N) is 1. The maximum absolute atomic E-state index is 12.7. The first-order valence-electron chi connectivity index (χ1n) is 7.08. The largest absolute Gasteiger partial charge is 0.416 e. The number of hydrogen-bond acceptors (Lipinski definition) is 1. The third kappa shape index (κ3) is 3.58. The number of anilines is 1. The first-order chi connectivity index (χ1) is 10.8. The van der Waals surface area contributed by atoms with E-state index in [2.05, 4.69) is 21.2 Å². The predicted octanol–water partition coefficient (Wildman–Crippen LogP) is 4.82. The van der Waals surface area contributed by atoms with Crippen molar-refractivity contribution in [1.29, 1.82) is 0 Å². The van der Waals surface area contributed by atoms with Crippen LogP contribution in [0.1, 0.15) is 16.7 Å². The van der Waals surface area contributed by atoms with Gasteiger partial charge in [0, 0.05) is 16.1 Å². The minimum atomic E-state index is -4.42. The van der Waals surface area contributed by atoms with Crippen LogP contribution in [0.3, 0.4) is 0 Å². The average molecular weight is 384 g/mol. The Morgan fingerprint density at radius 3 is 2.57 bits per heavy atom. The first kappa shape index (κ1) is 16.1. The molecule has 120 valence electrons. The van der Waals surface area contributed by atoms with E-state index in [0.717, 1.165) is 27.7 Å².